The van der Waals surface area contributed by atoms with Crippen LogP contribution in [0.1, 0.15) is 77.3 Å². The van der Waals surface area contributed by atoms with Gasteiger partial charge in [-0.05, 0) is 87.3 Å². The van der Waals surface area contributed by atoms with Crippen LogP contribution in [0.4, 0.5) is 0 Å². The number of nitrogens with zero attached hydrogens (tertiary/aromatic N) is 1. The topological polar surface area (TPSA) is 73.2 Å². The number of hydrogen-bond donors (Lipinski definition) is 3. The zero-order valence-corrected chi connectivity index (χ0v) is 21.2. The predicted molar refractivity (Wildman–Crippen MR) is 130 cm³/mol. The maximum Gasteiger partial charge on any atom is 0.165 e. The number of fused-ring (bicyclic) bond motifs is 2. The van der Waals surface area contributed by atoms with Gasteiger partial charge in [-0.25, -0.2) is 0 Å². The summed E-state index contributed by atoms with van der Waals surface area (Å²) in [4.78, 5) is 2.80. The highest BCUT2D eigenvalue weighted by Gasteiger charge is 2.81. The van der Waals surface area contributed by atoms with E-state index in [-0.39, 0.29) is 40.6 Å². The number of aliphatic hydroxyl groups excluding tert-OH is 1. The van der Waals surface area contributed by atoms with Gasteiger partial charge in [-0.1, -0.05) is 26.8 Å². The number of piperidine rings is 1. The molecular formula is C29H41NO4. The van der Waals surface area contributed by atoms with Crippen LogP contribution < -0.4 is 4.74 Å². The van der Waals surface area contributed by atoms with Crippen LogP contribution in [0.5, 0.6) is 11.5 Å². The molecule has 8 rings (SSSR count). The molecule has 2 aliphatic heterocycles. The fourth-order valence-electron chi connectivity index (χ4n) is 9.74. The maximum atomic E-state index is 12.2. The van der Waals surface area contributed by atoms with E-state index >= 15 is 0 Å². The number of rotatable bonds is 4. The molecule has 7 atom stereocenters. The molecule has 4 saturated carbocycles. The standard InChI is InChI=1S/C29H41NO4/c1-25(2,3)26(4,33)20-14-28-10-9-27(20,16-31)24-29(28)11-12-30(15-17-5-6-17)21(28)13-18-7-8-19(32)23(34-24)22(18)29/h7-8,17,20-21,24,31-33H,5-6,9-16H2,1-4H3/t20-,21-,24+,26+,27?,28-,29+/m1/s1. The Labute approximate surface area is 203 Å². The Morgan fingerprint density at radius 2 is 1.88 bits per heavy atom. The third kappa shape index (κ3) is 2.25. The van der Waals surface area contributed by atoms with E-state index in [0.29, 0.717) is 11.8 Å². The number of aromatic hydroxyl groups is 1. The number of phenols is 1. The first-order chi connectivity index (χ1) is 16.0. The molecule has 186 valence electrons. The Kier molecular flexibility index (Phi) is 4.08. The first kappa shape index (κ1) is 21.9. The van der Waals surface area contributed by atoms with E-state index in [1.54, 1.807) is 0 Å². The summed E-state index contributed by atoms with van der Waals surface area (Å²) >= 11 is 0. The number of ether oxygens (including phenoxy) is 1. The minimum Gasteiger partial charge on any atom is -0.504 e. The maximum absolute atomic E-state index is 12.2. The van der Waals surface area contributed by atoms with E-state index in [0.717, 1.165) is 44.6 Å². The summed E-state index contributed by atoms with van der Waals surface area (Å²) in [5.74, 6) is 1.70. The van der Waals surface area contributed by atoms with E-state index in [1.165, 1.54) is 30.5 Å². The molecule has 2 spiro atoms. The second kappa shape index (κ2) is 6.33. The molecule has 5 nitrogen and oxygen atoms in total. The van der Waals surface area contributed by atoms with Gasteiger partial charge in [-0.3, -0.25) is 4.90 Å². The van der Waals surface area contributed by atoms with Crippen molar-refractivity contribution in [1.29, 1.82) is 0 Å². The van der Waals surface area contributed by atoms with E-state index in [1.807, 2.05) is 13.0 Å². The second-order valence-corrected chi connectivity index (χ2v) is 14.0. The Hall–Kier alpha value is -1.30. The van der Waals surface area contributed by atoms with Gasteiger partial charge in [0, 0.05) is 34.4 Å². The van der Waals surface area contributed by atoms with Crippen molar-refractivity contribution in [3.8, 4) is 11.5 Å². The molecule has 3 N–H and O–H groups in total. The summed E-state index contributed by atoms with van der Waals surface area (Å²) in [6.07, 6.45) is 7.43. The quantitative estimate of drug-likeness (QED) is 0.624. The van der Waals surface area contributed by atoms with Crippen molar-refractivity contribution in [2.75, 3.05) is 19.7 Å². The molecule has 2 heterocycles. The van der Waals surface area contributed by atoms with Crippen LogP contribution in [0.3, 0.4) is 0 Å². The average Bonchev–Trinajstić information content (AvgIpc) is 3.53. The smallest absolute Gasteiger partial charge is 0.165 e. The Balaban J connectivity index is 1.47. The monoisotopic (exact) mass is 467 g/mol. The Bertz CT molecular complexity index is 1060. The number of benzene rings is 1. The normalized spacial score (nSPS) is 43.9. The van der Waals surface area contributed by atoms with Gasteiger partial charge in [0.2, 0.25) is 0 Å². The Morgan fingerprint density at radius 3 is 2.56 bits per heavy atom. The largest absolute Gasteiger partial charge is 0.504 e. The third-order valence-electron chi connectivity index (χ3n) is 12.0. The van der Waals surface area contributed by atoms with Crippen LogP contribution in [0.15, 0.2) is 12.1 Å². The first-order valence-electron chi connectivity index (χ1n) is 13.6. The average molecular weight is 468 g/mol. The lowest BCUT2D eigenvalue weighted by Crippen LogP contribution is -2.81. The van der Waals surface area contributed by atoms with Gasteiger partial charge < -0.3 is 20.1 Å². The summed E-state index contributed by atoms with van der Waals surface area (Å²) in [5.41, 5.74) is 0.649. The Morgan fingerprint density at radius 1 is 1.12 bits per heavy atom. The molecular weight excluding hydrogens is 426 g/mol. The first-order valence-corrected chi connectivity index (χ1v) is 13.6. The van der Waals surface area contributed by atoms with E-state index < -0.39 is 11.0 Å². The summed E-state index contributed by atoms with van der Waals surface area (Å²) < 4.78 is 6.86. The molecule has 34 heavy (non-hydrogen) atoms. The van der Waals surface area contributed by atoms with Crippen molar-refractivity contribution in [2.45, 2.75) is 95.8 Å². The fourth-order valence-corrected chi connectivity index (χ4v) is 9.74. The van der Waals surface area contributed by atoms with Crippen molar-refractivity contribution < 1.29 is 20.1 Å². The van der Waals surface area contributed by atoms with Gasteiger partial charge in [-0.2, -0.15) is 0 Å². The third-order valence-corrected chi connectivity index (χ3v) is 12.0. The molecule has 1 saturated heterocycles. The molecule has 5 heteroatoms. The zero-order chi connectivity index (χ0) is 23.9. The van der Waals surface area contributed by atoms with Gasteiger partial charge in [0.25, 0.3) is 0 Å². The highest BCUT2D eigenvalue weighted by atomic mass is 16.5. The van der Waals surface area contributed by atoms with Crippen LogP contribution in [0, 0.1) is 28.1 Å². The van der Waals surface area contributed by atoms with Gasteiger partial charge in [0.1, 0.15) is 6.10 Å². The van der Waals surface area contributed by atoms with E-state index in [4.69, 9.17) is 4.74 Å². The summed E-state index contributed by atoms with van der Waals surface area (Å²) in [7, 11) is 0. The molecule has 1 unspecified atom stereocenters. The van der Waals surface area contributed by atoms with Crippen molar-refractivity contribution in [2.24, 2.45) is 28.1 Å². The van der Waals surface area contributed by atoms with E-state index in [2.05, 4.69) is 31.7 Å². The highest BCUT2D eigenvalue weighted by Crippen LogP contribution is 2.79. The van der Waals surface area contributed by atoms with Gasteiger partial charge in [0.15, 0.2) is 11.5 Å². The van der Waals surface area contributed by atoms with Crippen LogP contribution in [-0.4, -0.2) is 57.7 Å². The molecule has 0 radical (unpaired) electrons. The molecule has 7 aliphatic rings. The molecule has 5 aliphatic carbocycles. The second-order valence-electron chi connectivity index (χ2n) is 14.0. The lowest BCUT2D eigenvalue weighted by molar-refractivity contribution is -0.289. The van der Waals surface area contributed by atoms with Crippen molar-refractivity contribution in [3.05, 3.63) is 23.3 Å². The van der Waals surface area contributed by atoms with Crippen LogP contribution in [-0.2, 0) is 11.8 Å². The molecule has 5 fully saturated rings. The lowest BCUT2D eigenvalue weighted by Gasteiger charge is -2.76. The minimum absolute atomic E-state index is 0.00762. The number of likely N-dealkylation sites (tertiary alicyclic amines) is 1. The summed E-state index contributed by atoms with van der Waals surface area (Å²) in [5, 5.41) is 34.2. The van der Waals surface area contributed by atoms with Gasteiger partial charge in [-0.15, -0.1) is 0 Å². The van der Waals surface area contributed by atoms with E-state index in [9.17, 15) is 15.3 Å². The molecule has 1 aromatic rings. The van der Waals surface area contributed by atoms with Crippen LogP contribution >= 0.6 is 0 Å². The summed E-state index contributed by atoms with van der Waals surface area (Å²) in [6.45, 7) is 10.7. The highest BCUT2D eigenvalue weighted by molar-refractivity contribution is 5.63. The number of hydrogen-bond acceptors (Lipinski definition) is 5. The molecule has 0 aromatic heterocycles. The van der Waals surface area contributed by atoms with Gasteiger partial charge in [0.05, 0.1) is 12.2 Å². The van der Waals surface area contributed by atoms with Crippen LogP contribution in [0.25, 0.3) is 0 Å². The van der Waals surface area contributed by atoms with Crippen LogP contribution in [0.2, 0.25) is 0 Å². The fraction of sp³-hybridized carbons (Fsp3) is 0.793. The molecule has 4 bridgehead atoms. The van der Waals surface area contributed by atoms with Crippen molar-refractivity contribution in [1.82, 2.24) is 4.90 Å². The lowest BCUT2D eigenvalue weighted by atomic mass is 9.31. The predicted octanol–water partition coefficient (Wildman–Crippen LogP) is 4.01. The molecule has 1 aromatic carbocycles. The SMILES string of the molecule is CC(C)(C)[C@@](C)(O)[C@H]1C[C@@]23CCC1(CO)[C@@H]1Oc4c(O)ccc5c4[C@@]12CCN(CC1CC1)[C@@H]3C5. The number of aliphatic hydroxyl groups is 2. The minimum atomic E-state index is -0.944. The van der Waals surface area contributed by atoms with Crippen molar-refractivity contribution >= 4 is 0 Å². The summed E-state index contributed by atoms with van der Waals surface area (Å²) in [6, 6.07) is 4.39. The molecule has 0 amide bonds. The zero-order valence-electron chi connectivity index (χ0n) is 21.2. The van der Waals surface area contributed by atoms with Gasteiger partial charge >= 0.3 is 0 Å². The van der Waals surface area contributed by atoms with Crippen molar-refractivity contribution in [3.63, 3.8) is 0 Å². The number of phenolic OH excluding ortho intramolecular Hbond substituents is 1.